The third-order valence-corrected chi connectivity index (χ3v) is 7.16. The van der Waals surface area contributed by atoms with E-state index in [0.29, 0.717) is 5.82 Å². The molecule has 2 aromatic heterocycles. The summed E-state index contributed by atoms with van der Waals surface area (Å²) in [6, 6.07) is 14.7. The van der Waals surface area contributed by atoms with Crippen LogP contribution in [0.5, 0.6) is 0 Å². The van der Waals surface area contributed by atoms with Crippen LogP contribution in [-0.4, -0.2) is 15.9 Å². The fourth-order valence-electron chi connectivity index (χ4n) is 5.01. The first kappa shape index (κ1) is 16.7. The van der Waals surface area contributed by atoms with E-state index in [-0.39, 0.29) is 28.6 Å². The van der Waals surface area contributed by atoms with E-state index in [4.69, 9.17) is 0 Å². The van der Waals surface area contributed by atoms with Gasteiger partial charge in [-0.05, 0) is 77.8 Å². The largest absolute Gasteiger partial charge is 0.310 e. The average Bonchev–Trinajstić information content (AvgIpc) is 3.66. The summed E-state index contributed by atoms with van der Waals surface area (Å²) in [4.78, 5) is 21.1. The van der Waals surface area contributed by atoms with Crippen molar-refractivity contribution >= 4 is 22.5 Å². The molecule has 3 fully saturated rings. The van der Waals surface area contributed by atoms with E-state index in [1.165, 1.54) is 0 Å². The number of fused-ring (bicyclic) bond motifs is 1. The molecule has 2 unspecified atom stereocenters. The van der Waals surface area contributed by atoms with E-state index in [1.54, 1.807) is 18.6 Å². The number of nitriles is 1. The molecule has 3 atom stereocenters. The van der Waals surface area contributed by atoms with Crippen LogP contribution in [0.25, 0.3) is 10.8 Å². The average molecular weight is 380 g/mol. The van der Waals surface area contributed by atoms with Crippen LogP contribution >= 0.6 is 0 Å². The van der Waals surface area contributed by atoms with Crippen LogP contribution in [0.2, 0.25) is 0 Å². The molecule has 1 amide bonds. The molecule has 5 nitrogen and oxygen atoms in total. The lowest BCUT2D eigenvalue weighted by molar-refractivity contribution is -0.117. The summed E-state index contributed by atoms with van der Waals surface area (Å²) in [7, 11) is 0. The second-order valence-electron chi connectivity index (χ2n) is 8.82. The van der Waals surface area contributed by atoms with Crippen LogP contribution in [0, 0.1) is 22.7 Å². The number of carbonyl (C=O) groups excluding carboxylic acids is 1. The summed E-state index contributed by atoms with van der Waals surface area (Å²) in [6.45, 7) is 0. The van der Waals surface area contributed by atoms with Gasteiger partial charge in [0.05, 0.1) is 11.5 Å². The second-order valence-corrected chi connectivity index (χ2v) is 8.82. The van der Waals surface area contributed by atoms with Crippen LogP contribution in [0.15, 0.2) is 55.0 Å². The zero-order chi connectivity index (χ0) is 19.6. The number of carbonyl (C=O) groups is 1. The summed E-state index contributed by atoms with van der Waals surface area (Å²) in [5.41, 5.74) is 2.21. The lowest BCUT2D eigenvalue weighted by atomic mass is 9.92. The summed E-state index contributed by atoms with van der Waals surface area (Å²) in [5.74, 6) is 0.847. The fraction of sp³-hybridized carbons (Fsp3) is 0.333. The van der Waals surface area contributed by atoms with E-state index < -0.39 is 0 Å². The normalized spacial score (nSPS) is 28.0. The van der Waals surface area contributed by atoms with E-state index >= 15 is 0 Å². The number of benzene rings is 1. The van der Waals surface area contributed by atoms with Crippen molar-refractivity contribution in [3.63, 3.8) is 0 Å². The van der Waals surface area contributed by atoms with Gasteiger partial charge in [0.2, 0.25) is 5.91 Å². The van der Waals surface area contributed by atoms with Crippen molar-refractivity contribution in [1.82, 2.24) is 9.97 Å². The third-order valence-electron chi connectivity index (χ3n) is 7.16. The molecule has 3 saturated carbocycles. The number of hydrogen-bond donors (Lipinski definition) is 1. The molecule has 3 aromatic rings. The molecule has 1 spiro atoms. The SMILES string of the molecule is N#C[C@]1(c2ccc3cnc(NC(=O)C4CC4c4ccncc4)cc3c2)CC12CC2. The molecule has 0 radical (unpaired) electrons. The maximum Gasteiger partial charge on any atom is 0.229 e. The van der Waals surface area contributed by atoms with Crippen molar-refractivity contribution in [1.29, 1.82) is 5.26 Å². The molecule has 142 valence electrons. The van der Waals surface area contributed by atoms with Gasteiger partial charge in [-0.2, -0.15) is 5.26 Å². The number of pyridine rings is 2. The minimum absolute atomic E-state index is 0.00993. The highest BCUT2D eigenvalue weighted by atomic mass is 16.2. The second kappa shape index (κ2) is 5.64. The number of anilines is 1. The number of aromatic nitrogens is 2. The Bertz CT molecular complexity index is 1190. The molecule has 3 aliphatic carbocycles. The smallest absolute Gasteiger partial charge is 0.229 e. The maximum absolute atomic E-state index is 12.7. The topological polar surface area (TPSA) is 78.7 Å². The minimum Gasteiger partial charge on any atom is -0.310 e. The molecule has 2 heterocycles. The Morgan fingerprint density at radius 2 is 1.97 bits per heavy atom. The molecule has 3 aliphatic rings. The molecule has 1 aromatic carbocycles. The van der Waals surface area contributed by atoms with E-state index in [9.17, 15) is 10.1 Å². The maximum atomic E-state index is 12.7. The Morgan fingerprint density at radius 3 is 2.69 bits per heavy atom. The molecular formula is C24H20N4O. The first-order valence-corrected chi connectivity index (χ1v) is 10.2. The standard InChI is InChI=1S/C24H20N4O/c25-14-24(13-23(24)5-6-23)18-2-1-16-12-27-21(10-17(16)9-18)28-22(29)20-11-19(20)15-3-7-26-8-4-15/h1-4,7-10,12,19-20H,5-6,11,13H2,(H,27,28,29)/t19?,20?,24-/m0/s1. The van der Waals surface area contributed by atoms with Gasteiger partial charge in [0.15, 0.2) is 0 Å². The molecule has 0 aliphatic heterocycles. The van der Waals surface area contributed by atoms with Crippen LogP contribution in [0.1, 0.15) is 42.7 Å². The van der Waals surface area contributed by atoms with Crippen molar-refractivity contribution in [2.24, 2.45) is 11.3 Å². The van der Waals surface area contributed by atoms with Crippen molar-refractivity contribution in [2.45, 2.75) is 37.0 Å². The number of hydrogen-bond acceptors (Lipinski definition) is 4. The van der Waals surface area contributed by atoms with Crippen molar-refractivity contribution in [3.05, 3.63) is 66.1 Å². The number of amides is 1. The van der Waals surface area contributed by atoms with Gasteiger partial charge in [0, 0.05) is 29.9 Å². The molecule has 0 saturated heterocycles. The van der Waals surface area contributed by atoms with Crippen LogP contribution in [0.3, 0.4) is 0 Å². The van der Waals surface area contributed by atoms with Gasteiger partial charge in [-0.15, -0.1) is 0 Å². The Hall–Kier alpha value is -3.26. The Morgan fingerprint density at radius 1 is 1.14 bits per heavy atom. The first-order valence-electron chi connectivity index (χ1n) is 10.2. The summed E-state index contributed by atoms with van der Waals surface area (Å²) < 4.78 is 0. The summed E-state index contributed by atoms with van der Waals surface area (Å²) >= 11 is 0. The minimum atomic E-state index is -0.306. The van der Waals surface area contributed by atoms with Crippen LogP contribution in [-0.2, 0) is 10.2 Å². The highest BCUT2D eigenvalue weighted by Crippen LogP contribution is 2.78. The van der Waals surface area contributed by atoms with Crippen molar-refractivity contribution < 1.29 is 4.79 Å². The van der Waals surface area contributed by atoms with Gasteiger partial charge in [-0.3, -0.25) is 9.78 Å². The monoisotopic (exact) mass is 380 g/mol. The van der Waals surface area contributed by atoms with Crippen molar-refractivity contribution in [3.8, 4) is 6.07 Å². The van der Waals surface area contributed by atoms with Crippen LogP contribution in [0.4, 0.5) is 5.82 Å². The predicted octanol–water partition coefficient (Wildman–Crippen LogP) is 4.32. The van der Waals surface area contributed by atoms with Crippen molar-refractivity contribution in [2.75, 3.05) is 5.32 Å². The van der Waals surface area contributed by atoms with Gasteiger partial charge in [-0.25, -0.2) is 4.98 Å². The van der Waals surface area contributed by atoms with E-state index in [1.807, 2.05) is 24.3 Å². The van der Waals surface area contributed by atoms with Crippen LogP contribution < -0.4 is 5.32 Å². The third kappa shape index (κ3) is 2.49. The zero-order valence-electron chi connectivity index (χ0n) is 15.9. The number of nitrogens with one attached hydrogen (secondary N) is 1. The van der Waals surface area contributed by atoms with Gasteiger partial charge in [0.25, 0.3) is 0 Å². The summed E-state index contributed by atoms with van der Waals surface area (Å²) in [6.07, 6.45) is 9.50. The lowest BCUT2D eigenvalue weighted by Crippen LogP contribution is -2.15. The van der Waals surface area contributed by atoms with Gasteiger partial charge < -0.3 is 5.32 Å². The van der Waals surface area contributed by atoms with E-state index in [0.717, 1.165) is 47.6 Å². The Kier molecular flexibility index (Phi) is 3.24. The Balaban J connectivity index is 1.23. The summed E-state index contributed by atoms with van der Waals surface area (Å²) in [5, 5.41) is 14.8. The zero-order valence-corrected chi connectivity index (χ0v) is 15.9. The molecule has 1 N–H and O–H groups in total. The highest BCUT2D eigenvalue weighted by Gasteiger charge is 2.75. The lowest BCUT2D eigenvalue weighted by Gasteiger charge is -2.11. The van der Waals surface area contributed by atoms with E-state index in [2.05, 4.69) is 33.5 Å². The molecule has 29 heavy (non-hydrogen) atoms. The number of nitrogens with zero attached hydrogens (tertiary/aromatic N) is 3. The predicted molar refractivity (Wildman–Crippen MR) is 109 cm³/mol. The number of rotatable bonds is 4. The first-order chi connectivity index (χ1) is 14.1. The van der Waals surface area contributed by atoms with Gasteiger partial charge in [0.1, 0.15) is 5.82 Å². The fourth-order valence-corrected chi connectivity index (χ4v) is 5.01. The Labute approximate surface area is 168 Å². The quantitative estimate of drug-likeness (QED) is 0.731. The molecule has 6 rings (SSSR count). The molecular weight excluding hydrogens is 360 g/mol. The highest BCUT2D eigenvalue weighted by molar-refractivity contribution is 5.96. The molecule has 0 bridgehead atoms. The van der Waals surface area contributed by atoms with Gasteiger partial charge >= 0.3 is 0 Å². The van der Waals surface area contributed by atoms with Gasteiger partial charge in [-0.1, -0.05) is 12.1 Å². The molecule has 5 heteroatoms.